The molecule has 2 aromatic rings. The zero-order valence-corrected chi connectivity index (χ0v) is 16.0. The molecule has 1 saturated heterocycles. The fourth-order valence-corrected chi connectivity index (χ4v) is 3.77. The first kappa shape index (κ1) is 19.6. The van der Waals surface area contributed by atoms with Crippen molar-refractivity contribution >= 4 is 22.0 Å². The van der Waals surface area contributed by atoms with Crippen molar-refractivity contribution in [2.75, 3.05) is 20.7 Å². The Labute approximate surface area is 162 Å². The number of imide groups is 1. The molecule has 148 valence electrons. The van der Waals surface area contributed by atoms with Crippen molar-refractivity contribution in [2.45, 2.75) is 10.9 Å². The normalized spacial score (nSPS) is 16.6. The highest BCUT2D eigenvalue weighted by Gasteiger charge is 2.33. The molecule has 1 atom stereocenters. The zero-order chi connectivity index (χ0) is 20.3. The fourth-order valence-electron chi connectivity index (χ4n) is 2.58. The first-order valence-electron chi connectivity index (χ1n) is 8.29. The van der Waals surface area contributed by atoms with Crippen molar-refractivity contribution in [3.63, 3.8) is 0 Å². The second-order valence-electron chi connectivity index (χ2n) is 6.05. The van der Waals surface area contributed by atoms with E-state index in [9.17, 15) is 18.0 Å². The maximum atomic E-state index is 12.7. The van der Waals surface area contributed by atoms with Crippen LogP contribution in [-0.2, 0) is 14.8 Å². The average molecular weight is 405 g/mol. The molecule has 3 amide bonds. The number of hydrogen-bond acceptors (Lipinski definition) is 6. The number of nitrogens with zero attached hydrogens (tertiary/aromatic N) is 1. The number of carbonyl (C=O) groups excluding carboxylic acids is 2. The molecule has 2 N–H and O–H groups in total. The summed E-state index contributed by atoms with van der Waals surface area (Å²) in [5, 5.41) is 4.43. The Bertz CT molecular complexity index is 973. The summed E-state index contributed by atoms with van der Waals surface area (Å²) in [6.07, 6.45) is 0. The molecule has 0 aromatic heterocycles. The lowest BCUT2D eigenvalue weighted by Crippen LogP contribution is -2.42. The standard InChI is InChI=1S/C18H19N3O6S/c1-21(11-16-17(22)20-18(23)19-16)28(24,25)15-9-7-14(8-10-15)27-13-5-3-12(26-2)4-6-13/h3-10,16H,11H2,1-2H3,(H2,19,20,22,23). The smallest absolute Gasteiger partial charge is 0.322 e. The van der Waals surface area contributed by atoms with E-state index in [0.717, 1.165) is 4.31 Å². The summed E-state index contributed by atoms with van der Waals surface area (Å²) in [6, 6.07) is 11.3. The van der Waals surface area contributed by atoms with Crippen LogP contribution < -0.4 is 20.1 Å². The van der Waals surface area contributed by atoms with Crippen LogP contribution in [0.25, 0.3) is 0 Å². The highest BCUT2D eigenvalue weighted by atomic mass is 32.2. The summed E-state index contributed by atoms with van der Waals surface area (Å²) in [5.41, 5.74) is 0. The topological polar surface area (TPSA) is 114 Å². The summed E-state index contributed by atoms with van der Waals surface area (Å²) in [4.78, 5) is 22.8. The van der Waals surface area contributed by atoms with E-state index >= 15 is 0 Å². The van der Waals surface area contributed by atoms with Gasteiger partial charge in [-0.15, -0.1) is 0 Å². The van der Waals surface area contributed by atoms with Gasteiger partial charge in [-0.3, -0.25) is 10.1 Å². The number of methoxy groups -OCH3 is 1. The molecule has 1 aliphatic heterocycles. The maximum Gasteiger partial charge on any atom is 0.322 e. The van der Waals surface area contributed by atoms with Gasteiger partial charge in [0.15, 0.2) is 0 Å². The molecule has 1 heterocycles. The van der Waals surface area contributed by atoms with Crippen LogP contribution in [0.2, 0.25) is 0 Å². The van der Waals surface area contributed by atoms with E-state index in [1.807, 2.05) is 0 Å². The molecule has 0 radical (unpaired) electrons. The van der Waals surface area contributed by atoms with Crippen LogP contribution in [0.5, 0.6) is 17.2 Å². The lowest BCUT2D eigenvalue weighted by molar-refractivity contribution is -0.120. The van der Waals surface area contributed by atoms with Gasteiger partial charge >= 0.3 is 6.03 Å². The Hall–Kier alpha value is -3.11. The molecular weight excluding hydrogens is 386 g/mol. The van der Waals surface area contributed by atoms with Gasteiger partial charge < -0.3 is 14.8 Å². The van der Waals surface area contributed by atoms with Crippen molar-refractivity contribution in [1.29, 1.82) is 0 Å². The second kappa shape index (κ2) is 7.87. The summed E-state index contributed by atoms with van der Waals surface area (Å²) >= 11 is 0. The van der Waals surface area contributed by atoms with E-state index in [-0.39, 0.29) is 11.4 Å². The first-order valence-corrected chi connectivity index (χ1v) is 9.73. The highest BCUT2D eigenvalue weighted by Crippen LogP contribution is 2.25. The number of carbonyl (C=O) groups is 2. The second-order valence-corrected chi connectivity index (χ2v) is 8.09. The van der Waals surface area contributed by atoms with E-state index in [1.165, 1.54) is 31.3 Å². The van der Waals surface area contributed by atoms with E-state index in [4.69, 9.17) is 9.47 Å². The van der Waals surface area contributed by atoms with Gasteiger partial charge in [-0.25, -0.2) is 13.2 Å². The lowest BCUT2D eigenvalue weighted by Gasteiger charge is -2.19. The number of nitrogens with one attached hydrogen (secondary N) is 2. The third-order valence-electron chi connectivity index (χ3n) is 4.13. The van der Waals surface area contributed by atoms with Gasteiger partial charge in [0, 0.05) is 13.6 Å². The monoisotopic (exact) mass is 405 g/mol. The van der Waals surface area contributed by atoms with Gasteiger partial charge in [0.25, 0.3) is 5.91 Å². The van der Waals surface area contributed by atoms with Crippen molar-refractivity contribution in [1.82, 2.24) is 14.9 Å². The molecular formula is C18H19N3O6S. The van der Waals surface area contributed by atoms with Crippen molar-refractivity contribution < 1.29 is 27.5 Å². The van der Waals surface area contributed by atoms with Gasteiger partial charge in [0.1, 0.15) is 23.3 Å². The molecule has 0 spiro atoms. The third kappa shape index (κ3) is 4.24. The molecule has 1 aliphatic rings. The van der Waals surface area contributed by atoms with Crippen LogP contribution in [0.1, 0.15) is 0 Å². The molecule has 28 heavy (non-hydrogen) atoms. The van der Waals surface area contributed by atoms with Crippen molar-refractivity contribution in [2.24, 2.45) is 0 Å². The maximum absolute atomic E-state index is 12.7. The molecule has 9 nitrogen and oxygen atoms in total. The quantitative estimate of drug-likeness (QED) is 0.672. The van der Waals surface area contributed by atoms with Crippen LogP contribution >= 0.6 is 0 Å². The zero-order valence-electron chi connectivity index (χ0n) is 15.2. The molecule has 0 saturated carbocycles. The number of rotatable bonds is 7. The van der Waals surface area contributed by atoms with E-state index in [1.54, 1.807) is 31.4 Å². The van der Waals surface area contributed by atoms with Crippen LogP contribution in [0, 0.1) is 0 Å². The minimum absolute atomic E-state index is 0.0433. The van der Waals surface area contributed by atoms with Crippen LogP contribution in [-0.4, -0.2) is 51.4 Å². The van der Waals surface area contributed by atoms with Crippen molar-refractivity contribution in [3.8, 4) is 17.2 Å². The number of amides is 3. The summed E-state index contributed by atoms with van der Waals surface area (Å²) in [6.45, 7) is -0.177. The summed E-state index contributed by atoms with van der Waals surface area (Å²) in [7, 11) is -0.925. The van der Waals surface area contributed by atoms with Gasteiger partial charge in [0.2, 0.25) is 10.0 Å². The number of benzene rings is 2. The first-order chi connectivity index (χ1) is 13.3. The van der Waals surface area contributed by atoms with E-state index in [0.29, 0.717) is 17.2 Å². The largest absolute Gasteiger partial charge is 0.497 e. The molecule has 1 unspecified atom stereocenters. The Morgan fingerprint density at radius 3 is 2.00 bits per heavy atom. The molecule has 3 rings (SSSR count). The predicted molar refractivity (Wildman–Crippen MR) is 99.8 cm³/mol. The van der Waals surface area contributed by atoms with Crippen LogP contribution in [0.4, 0.5) is 4.79 Å². The van der Waals surface area contributed by atoms with E-state index in [2.05, 4.69) is 10.6 Å². The summed E-state index contributed by atoms with van der Waals surface area (Å²) < 4.78 is 37.1. The predicted octanol–water partition coefficient (Wildman–Crippen LogP) is 1.32. The highest BCUT2D eigenvalue weighted by molar-refractivity contribution is 7.89. The molecule has 2 aromatic carbocycles. The number of hydrogen-bond donors (Lipinski definition) is 2. The van der Waals surface area contributed by atoms with Crippen LogP contribution in [0.15, 0.2) is 53.4 Å². The minimum atomic E-state index is -3.84. The van der Waals surface area contributed by atoms with Gasteiger partial charge in [-0.2, -0.15) is 4.31 Å². The summed E-state index contributed by atoms with van der Waals surface area (Å²) in [5.74, 6) is 1.19. The number of urea groups is 1. The van der Waals surface area contributed by atoms with Crippen LogP contribution in [0.3, 0.4) is 0 Å². The Morgan fingerprint density at radius 2 is 1.50 bits per heavy atom. The van der Waals surface area contributed by atoms with Gasteiger partial charge in [0.05, 0.1) is 12.0 Å². The third-order valence-corrected chi connectivity index (χ3v) is 5.96. The Morgan fingerprint density at radius 1 is 0.964 bits per heavy atom. The molecule has 0 aliphatic carbocycles. The fraction of sp³-hybridized carbons (Fsp3) is 0.222. The van der Waals surface area contributed by atoms with E-state index < -0.39 is 28.0 Å². The van der Waals surface area contributed by atoms with Gasteiger partial charge in [-0.1, -0.05) is 0 Å². The number of sulfonamides is 1. The van der Waals surface area contributed by atoms with Crippen molar-refractivity contribution in [3.05, 3.63) is 48.5 Å². The molecule has 0 bridgehead atoms. The lowest BCUT2D eigenvalue weighted by atomic mass is 10.3. The Balaban J connectivity index is 1.68. The molecule has 10 heteroatoms. The molecule has 1 fully saturated rings. The number of likely N-dealkylation sites (N-methyl/N-ethyl adjacent to an activating group) is 1. The SMILES string of the molecule is COc1ccc(Oc2ccc(S(=O)(=O)N(C)CC3NC(=O)NC3=O)cc2)cc1. The van der Waals surface area contributed by atoms with Gasteiger partial charge in [-0.05, 0) is 48.5 Å². The number of ether oxygens (including phenoxy) is 2. The minimum Gasteiger partial charge on any atom is -0.497 e. The Kier molecular flexibility index (Phi) is 5.52. The average Bonchev–Trinajstić information content (AvgIpc) is 2.99.